The first-order chi connectivity index (χ1) is 6.70. The molecular formula is C10H21NO3. The van der Waals surface area contributed by atoms with Crippen LogP contribution in [-0.4, -0.2) is 38.4 Å². The molecule has 0 aromatic carbocycles. The van der Waals surface area contributed by atoms with Crippen molar-refractivity contribution in [3.8, 4) is 0 Å². The van der Waals surface area contributed by atoms with Gasteiger partial charge in [0.2, 0.25) is 0 Å². The van der Waals surface area contributed by atoms with Crippen LogP contribution in [0.4, 0.5) is 0 Å². The number of ether oxygens (including phenoxy) is 2. The molecule has 0 aromatic rings. The Kier molecular flexibility index (Phi) is 8.57. The highest BCUT2D eigenvalue weighted by Crippen LogP contribution is 1.93. The number of hydrogen-bond acceptors (Lipinski definition) is 4. The first kappa shape index (κ1) is 13.4. The van der Waals surface area contributed by atoms with Crippen LogP contribution in [0.15, 0.2) is 0 Å². The molecule has 0 saturated heterocycles. The van der Waals surface area contributed by atoms with Crippen molar-refractivity contribution in [2.45, 2.75) is 33.2 Å². The molecule has 0 bridgehead atoms. The lowest BCUT2D eigenvalue weighted by molar-refractivity contribution is -0.145. The summed E-state index contributed by atoms with van der Waals surface area (Å²) >= 11 is 0. The Hall–Kier alpha value is -0.610. The van der Waals surface area contributed by atoms with E-state index >= 15 is 0 Å². The van der Waals surface area contributed by atoms with E-state index in [0.29, 0.717) is 26.2 Å². The molecular weight excluding hydrogens is 182 g/mol. The minimum Gasteiger partial charge on any atom is -0.463 e. The minimum absolute atomic E-state index is 0.168. The number of rotatable bonds is 8. The second-order valence-corrected chi connectivity index (χ2v) is 3.08. The fourth-order valence-corrected chi connectivity index (χ4v) is 1.09. The predicted octanol–water partition coefficient (Wildman–Crippen LogP) is 0.954. The Morgan fingerprint density at radius 2 is 2.07 bits per heavy atom. The van der Waals surface area contributed by atoms with E-state index in [1.165, 1.54) is 0 Å². The third-order valence-corrected chi connectivity index (χ3v) is 1.72. The van der Waals surface area contributed by atoms with Crippen LogP contribution in [0.3, 0.4) is 0 Å². The molecule has 14 heavy (non-hydrogen) atoms. The molecule has 0 amide bonds. The van der Waals surface area contributed by atoms with E-state index in [9.17, 15) is 4.79 Å². The van der Waals surface area contributed by atoms with Crippen molar-refractivity contribution in [3.63, 3.8) is 0 Å². The number of nitrogens with one attached hydrogen (secondary N) is 1. The van der Waals surface area contributed by atoms with Crippen LogP contribution in [0.5, 0.6) is 0 Å². The zero-order valence-corrected chi connectivity index (χ0v) is 9.34. The lowest BCUT2D eigenvalue weighted by Crippen LogP contribution is -2.29. The zero-order valence-electron chi connectivity index (χ0n) is 9.34. The summed E-state index contributed by atoms with van der Waals surface area (Å²) in [4.78, 5) is 11.2. The standard InChI is InChI=1S/C10H21NO3/c1-4-11-9(3)8-10(12)14-7-6-13-5-2/h9,11H,4-8H2,1-3H3. The van der Waals surface area contributed by atoms with Crippen LogP contribution in [0.1, 0.15) is 27.2 Å². The van der Waals surface area contributed by atoms with Gasteiger partial charge in [-0.25, -0.2) is 0 Å². The van der Waals surface area contributed by atoms with E-state index in [1.54, 1.807) is 0 Å². The molecule has 1 N–H and O–H groups in total. The molecule has 0 radical (unpaired) electrons. The molecule has 0 rings (SSSR count). The Balaban J connectivity index is 3.35. The number of carbonyl (C=O) groups is 1. The van der Waals surface area contributed by atoms with Crippen LogP contribution in [0.2, 0.25) is 0 Å². The Labute approximate surface area is 86.0 Å². The van der Waals surface area contributed by atoms with Gasteiger partial charge in [-0.3, -0.25) is 4.79 Å². The van der Waals surface area contributed by atoms with E-state index < -0.39 is 0 Å². The molecule has 1 unspecified atom stereocenters. The van der Waals surface area contributed by atoms with Crippen LogP contribution >= 0.6 is 0 Å². The molecule has 0 fully saturated rings. The summed E-state index contributed by atoms with van der Waals surface area (Å²) in [6.45, 7) is 8.25. The minimum atomic E-state index is -0.168. The van der Waals surface area contributed by atoms with Crippen LogP contribution in [-0.2, 0) is 14.3 Å². The van der Waals surface area contributed by atoms with Crippen LogP contribution in [0.25, 0.3) is 0 Å². The van der Waals surface area contributed by atoms with Crippen molar-refractivity contribution in [2.75, 3.05) is 26.4 Å². The van der Waals surface area contributed by atoms with Gasteiger partial charge in [0.05, 0.1) is 13.0 Å². The zero-order chi connectivity index (χ0) is 10.8. The van der Waals surface area contributed by atoms with Crippen molar-refractivity contribution in [3.05, 3.63) is 0 Å². The Bertz CT molecular complexity index is 150. The fraction of sp³-hybridized carbons (Fsp3) is 0.900. The predicted molar refractivity (Wildman–Crippen MR) is 55.2 cm³/mol. The highest BCUT2D eigenvalue weighted by atomic mass is 16.6. The van der Waals surface area contributed by atoms with Crippen LogP contribution < -0.4 is 5.32 Å². The molecule has 0 saturated carbocycles. The van der Waals surface area contributed by atoms with E-state index in [-0.39, 0.29) is 12.0 Å². The quantitative estimate of drug-likeness (QED) is 0.471. The lowest BCUT2D eigenvalue weighted by atomic mass is 10.2. The summed E-state index contributed by atoms with van der Waals surface area (Å²) in [5, 5.41) is 3.15. The van der Waals surface area contributed by atoms with Gasteiger partial charge in [0, 0.05) is 12.6 Å². The average molecular weight is 203 g/mol. The molecule has 0 heterocycles. The van der Waals surface area contributed by atoms with Crippen molar-refractivity contribution in [1.82, 2.24) is 5.32 Å². The van der Waals surface area contributed by atoms with E-state index in [2.05, 4.69) is 5.32 Å². The molecule has 0 aliphatic heterocycles. The topological polar surface area (TPSA) is 47.6 Å². The fourth-order valence-electron chi connectivity index (χ4n) is 1.09. The van der Waals surface area contributed by atoms with Gasteiger partial charge < -0.3 is 14.8 Å². The van der Waals surface area contributed by atoms with Gasteiger partial charge in [-0.1, -0.05) is 6.92 Å². The maximum absolute atomic E-state index is 11.2. The van der Waals surface area contributed by atoms with Gasteiger partial charge in [0.15, 0.2) is 0 Å². The van der Waals surface area contributed by atoms with Gasteiger partial charge in [-0.05, 0) is 20.4 Å². The van der Waals surface area contributed by atoms with Gasteiger partial charge in [-0.15, -0.1) is 0 Å². The van der Waals surface area contributed by atoms with E-state index in [0.717, 1.165) is 6.54 Å². The third-order valence-electron chi connectivity index (χ3n) is 1.72. The summed E-state index contributed by atoms with van der Waals surface area (Å²) in [6.07, 6.45) is 0.417. The van der Waals surface area contributed by atoms with Gasteiger partial charge in [0.25, 0.3) is 0 Å². The number of carbonyl (C=O) groups excluding carboxylic acids is 1. The van der Waals surface area contributed by atoms with Gasteiger partial charge in [0.1, 0.15) is 6.61 Å². The first-order valence-electron chi connectivity index (χ1n) is 5.17. The molecule has 84 valence electrons. The first-order valence-corrected chi connectivity index (χ1v) is 5.17. The highest BCUT2D eigenvalue weighted by molar-refractivity contribution is 5.70. The summed E-state index contributed by atoms with van der Waals surface area (Å²) in [5.41, 5.74) is 0. The number of hydrogen-bond donors (Lipinski definition) is 1. The molecule has 4 heteroatoms. The summed E-state index contributed by atoms with van der Waals surface area (Å²) in [5.74, 6) is -0.168. The molecule has 0 aliphatic rings. The van der Waals surface area contributed by atoms with E-state index in [1.807, 2.05) is 20.8 Å². The normalized spacial score (nSPS) is 12.5. The highest BCUT2D eigenvalue weighted by Gasteiger charge is 2.08. The lowest BCUT2D eigenvalue weighted by Gasteiger charge is -2.11. The smallest absolute Gasteiger partial charge is 0.307 e. The molecule has 1 atom stereocenters. The molecule has 0 aromatic heterocycles. The van der Waals surface area contributed by atoms with Gasteiger partial charge >= 0.3 is 5.97 Å². The summed E-state index contributed by atoms with van der Waals surface area (Å²) in [7, 11) is 0. The molecule has 0 aliphatic carbocycles. The maximum Gasteiger partial charge on any atom is 0.307 e. The summed E-state index contributed by atoms with van der Waals surface area (Å²) in [6, 6.07) is 0.180. The van der Waals surface area contributed by atoms with Crippen LogP contribution in [0, 0.1) is 0 Å². The number of esters is 1. The molecule has 0 spiro atoms. The maximum atomic E-state index is 11.2. The second-order valence-electron chi connectivity index (χ2n) is 3.08. The van der Waals surface area contributed by atoms with Crippen molar-refractivity contribution in [2.24, 2.45) is 0 Å². The largest absolute Gasteiger partial charge is 0.463 e. The Morgan fingerprint density at radius 1 is 1.36 bits per heavy atom. The van der Waals surface area contributed by atoms with Crippen molar-refractivity contribution >= 4 is 5.97 Å². The molecule has 4 nitrogen and oxygen atoms in total. The van der Waals surface area contributed by atoms with E-state index in [4.69, 9.17) is 9.47 Å². The second kappa shape index (κ2) is 8.97. The van der Waals surface area contributed by atoms with Crippen molar-refractivity contribution in [1.29, 1.82) is 0 Å². The third kappa shape index (κ3) is 8.01. The van der Waals surface area contributed by atoms with Gasteiger partial charge in [-0.2, -0.15) is 0 Å². The average Bonchev–Trinajstić information content (AvgIpc) is 2.13. The Morgan fingerprint density at radius 3 is 2.64 bits per heavy atom. The monoisotopic (exact) mass is 203 g/mol. The SMILES string of the molecule is CCNC(C)CC(=O)OCCOCC. The summed E-state index contributed by atoms with van der Waals surface area (Å²) < 4.78 is 10.0. The van der Waals surface area contributed by atoms with Crippen molar-refractivity contribution < 1.29 is 14.3 Å².